The van der Waals surface area contributed by atoms with Gasteiger partial charge in [0.2, 0.25) is 9.84 Å². The number of carbonyl (C=O) groups is 1. The Morgan fingerprint density at radius 3 is 2.36 bits per heavy atom. The molecule has 0 aliphatic heterocycles. The van der Waals surface area contributed by atoms with Gasteiger partial charge in [-0.05, 0) is 48.9 Å². The molecule has 1 aromatic heterocycles. The number of sulfone groups is 1. The van der Waals surface area contributed by atoms with Crippen molar-refractivity contribution >= 4 is 21.6 Å². The lowest BCUT2D eigenvalue weighted by atomic mass is 10.2. The predicted octanol–water partition coefficient (Wildman–Crippen LogP) is 2.64. The number of amides is 1. The molecule has 0 unspecified atom stereocenters. The number of nitrogens with one attached hydrogen (secondary N) is 1. The van der Waals surface area contributed by atoms with Gasteiger partial charge in [-0.3, -0.25) is 4.79 Å². The molecular weight excluding hydrogens is 314 g/mol. The summed E-state index contributed by atoms with van der Waals surface area (Å²) in [5.74, 6) is -3.67. The molecule has 0 spiro atoms. The molecule has 0 radical (unpaired) electrons. The van der Waals surface area contributed by atoms with Gasteiger partial charge in [0.25, 0.3) is 5.91 Å². The monoisotopic (exact) mass is 326 g/mol. The van der Waals surface area contributed by atoms with Gasteiger partial charge in [0.05, 0.1) is 4.90 Å². The average molecular weight is 326 g/mol. The molecule has 0 aliphatic carbocycles. The number of alkyl halides is 2. The first-order valence-electron chi connectivity index (χ1n) is 6.17. The molecule has 0 saturated heterocycles. The lowest BCUT2D eigenvalue weighted by Gasteiger charge is -2.06. The summed E-state index contributed by atoms with van der Waals surface area (Å²) in [7, 11) is -4.66. The molecule has 0 bridgehead atoms. The summed E-state index contributed by atoms with van der Waals surface area (Å²) >= 11 is 0. The molecule has 8 heteroatoms. The number of hydrogen-bond acceptors (Lipinski definition) is 4. The molecule has 0 fully saturated rings. The number of anilines is 1. The van der Waals surface area contributed by atoms with Crippen molar-refractivity contribution in [2.75, 3.05) is 5.32 Å². The summed E-state index contributed by atoms with van der Waals surface area (Å²) in [6.07, 6.45) is 1.53. The van der Waals surface area contributed by atoms with Gasteiger partial charge in [0.1, 0.15) is 5.82 Å². The number of aryl methyl sites for hydroxylation is 1. The van der Waals surface area contributed by atoms with E-state index in [1.807, 2.05) is 6.92 Å². The average Bonchev–Trinajstić information content (AvgIpc) is 2.47. The highest BCUT2D eigenvalue weighted by atomic mass is 32.2. The molecule has 1 amide bonds. The van der Waals surface area contributed by atoms with E-state index in [1.165, 1.54) is 18.3 Å². The van der Waals surface area contributed by atoms with Crippen LogP contribution in [-0.4, -0.2) is 25.1 Å². The van der Waals surface area contributed by atoms with Crippen LogP contribution < -0.4 is 5.32 Å². The Hall–Kier alpha value is -2.35. The van der Waals surface area contributed by atoms with Crippen molar-refractivity contribution in [3.05, 3.63) is 53.7 Å². The number of rotatable bonds is 4. The van der Waals surface area contributed by atoms with Crippen LogP contribution in [0.4, 0.5) is 14.6 Å². The van der Waals surface area contributed by atoms with E-state index in [1.54, 1.807) is 12.1 Å². The van der Waals surface area contributed by atoms with Crippen molar-refractivity contribution < 1.29 is 22.0 Å². The zero-order chi connectivity index (χ0) is 16.3. The van der Waals surface area contributed by atoms with E-state index >= 15 is 0 Å². The Bertz CT molecular complexity index is 790. The Labute approximate surface area is 125 Å². The molecule has 5 nitrogen and oxygen atoms in total. The summed E-state index contributed by atoms with van der Waals surface area (Å²) in [6.45, 7) is 1.83. The summed E-state index contributed by atoms with van der Waals surface area (Å²) in [6, 6.07) is 7.70. The molecule has 1 aromatic carbocycles. The van der Waals surface area contributed by atoms with E-state index < -0.39 is 26.4 Å². The van der Waals surface area contributed by atoms with Crippen LogP contribution in [0.5, 0.6) is 0 Å². The maximum absolute atomic E-state index is 12.4. The maximum Gasteiger partial charge on any atom is 0.341 e. The van der Waals surface area contributed by atoms with Crippen molar-refractivity contribution in [3.63, 3.8) is 0 Å². The third-order valence-electron chi connectivity index (χ3n) is 2.84. The Morgan fingerprint density at radius 2 is 1.82 bits per heavy atom. The number of aromatic nitrogens is 1. The van der Waals surface area contributed by atoms with Crippen LogP contribution in [0.2, 0.25) is 0 Å². The molecule has 0 aliphatic rings. The van der Waals surface area contributed by atoms with Gasteiger partial charge in [-0.2, -0.15) is 8.78 Å². The molecule has 1 heterocycles. The fraction of sp³-hybridized carbons (Fsp3) is 0.143. The fourth-order valence-corrected chi connectivity index (χ4v) is 2.41. The molecule has 2 rings (SSSR count). The van der Waals surface area contributed by atoms with Crippen LogP contribution in [-0.2, 0) is 9.84 Å². The van der Waals surface area contributed by atoms with Crippen LogP contribution in [0, 0.1) is 6.92 Å². The number of pyridine rings is 1. The minimum absolute atomic E-state index is 0.136. The SMILES string of the molecule is Cc1ccnc(NC(=O)c2ccc(S(=O)(=O)C(F)F)cc2)c1. The summed E-state index contributed by atoms with van der Waals surface area (Å²) < 4.78 is 47.4. The van der Waals surface area contributed by atoms with Gasteiger partial charge in [-0.15, -0.1) is 0 Å². The molecule has 2 aromatic rings. The van der Waals surface area contributed by atoms with E-state index in [4.69, 9.17) is 0 Å². The number of benzene rings is 1. The van der Waals surface area contributed by atoms with Crippen molar-refractivity contribution in [2.45, 2.75) is 17.6 Å². The van der Waals surface area contributed by atoms with E-state index in [0.717, 1.165) is 17.7 Å². The molecule has 22 heavy (non-hydrogen) atoms. The minimum Gasteiger partial charge on any atom is -0.307 e. The lowest BCUT2D eigenvalue weighted by molar-refractivity contribution is 0.102. The first-order chi connectivity index (χ1) is 10.3. The quantitative estimate of drug-likeness (QED) is 0.937. The van der Waals surface area contributed by atoms with E-state index in [2.05, 4.69) is 10.3 Å². The second-order valence-corrected chi connectivity index (χ2v) is 6.42. The maximum atomic E-state index is 12.4. The minimum atomic E-state index is -4.66. The third kappa shape index (κ3) is 3.45. The number of hydrogen-bond donors (Lipinski definition) is 1. The molecule has 1 N–H and O–H groups in total. The second kappa shape index (κ2) is 6.18. The van der Waals surface area contributed by atoms with E-state index in [0.29, 0.717) is 5.82 Å². The van der Waals surface area contributed by atoms with Gasteiger partial charge in [-0.25, -0.2) is 13.4 Å². The molecular formula is C14H12F2N2O3S. The van der Waals surface area contributed by atoms with Crippen LogP contribution in [0.15, 0.2) is 47.5 Å². The smallest absolute Gasteiger partial charge is 0.307 e. The third-order valence-corrected chi connectivity index (χ3v) is 4.24. The topological polar surface area (TPSA) is 76.1 Å². The Balaban J connectivity index is 2.19. The molecule has 116 valence electrons. The second-order valence-electron chi connectivity index (χ2n) is 4.50. The molecule has 0 atom stereocenters. The summed E-state index contributed by atoms with van der Waals surface area (Å²) in [5.41, 5.74) is 1.04. The van der Waals surface area contributed by atoms with Crippen LogP contribution in [0.1, 0.15) is 15.9 Å². The standard InChI is InChI=1S/C14H12F2N2O3S/c1-9-6-7-17-12(8-9)18-13(19)10-2-4-11(5-3-10)22(20,21)14(15)16/h2-8,14H,1H3,(H,17,18,19). The zero-order valence-electron chi connectivity index (χ0n) is 11.5. The zero-order valence-corrected chi connectivity index (χ0v) is 12.3. The fourth-order valence-electron chi connectivity index (χ4n) is 1.69. The number of nitrogens with zero attached hydrogens (tertiary/aromatic N) is 1. The van der Waals surface area contributed by atoms with Crippen LogP contribution in [0.3, 0.4) is 0 Å². The van der Waals surface area contributed by atoms with Gasteiger partial charge in [0.15, 0.2) is 0 Å². The first kappa shape index (κ1) is 16.0. The molecule has 0 saturated carbocycles. The first-order valence-corrected chi connectivity index (χ1v) is 7.71. The Morgan fingerprint density at radius 1 is 1.18 bits per heavy atom. The van der Waals surface area contributed by atoms with E-state index in [-0.39, 0.29) is 5.56 Å². The largest absolute Gasteiger partial charge is 0.341 e. The van der Waals surface area contributed by atoms with Crippen molar-refractivity contribution in [1.29, 1.82) is 0 Å². The summed E-state index contributed by atoms with van der Waals surface area (Å²) in [4.78, 5) is 15.4. The van der Waals surface area contributed by atoms with E-state index in [9.17, 15) is 22.0 Å². The normalized spacial score (nSPS) is 11.5. The van der Waals surface area contributed by atoms with Crippen molar-refractivity contribution in [2.24, 2.45) is 0 Å². The van der Waals surface area contributed by atoms with Gasteiger partial charge in [-0.1, -0.05) is 0 Å². The number of halogens is 2. The van der Waals surface area contributed by atoms with Gasteiger partial charge < -0.3 is 5.32 Å². The van der Waals surface area contributed by atoms with Crippen LogP contribution >= 0.6 is 0 Å². The highest BCUT2D eigenvalue weighted by Crippen LogP contribution is 2.19. The highest BCUT2D eigenvalue weighted by Gasteiger charge is 2.26. The van der Waals surface area contributed by atoms with Gasteiger partial charge >= 0.3 is 5.76 Å². The van der Waals surface area contributed by atoms with Gasteiger partial charge in [0, 0.05) is 11.8 Å². The lowest BCUT2D eigenvalue weighted by Crippen LogP contribution is -2.14. The predicted molar refractivity (Wildman–Crippen MR) is 76.6 cm³/mol. The van der Waals surface area contributed by atoms with Crippen molar-refractivity contribution in [1.82, 2.24) is 4.98 Å². The number of carbonyl (C=O) groups excluding carboxylic acids is 1. The van der Waals surface area contributed by atoms with Crippen molar-refractivity contribution in [3.8, 4) is 0 Å². The summed E-state index contributed by atoms with van der Waals surface area (Å²) in [5, 5.41) is 2.53. The Kier molecular flexibility index (Phi) is 4.51. The van der Waals surface area contributed by atoms with Crippen LogP contribution in [0.25, 0.3) is 0 Å². The highest BCUT2D eigenvalue weighted by molar-refractivity contribution is 7.91.